The maximum atomic E-state index is 12.2. The van der Waals surface area contributed by atoms with Crippen LogP contribution in [0.25, 0.3) is 5.69 Å². The summed E-state index contributed by atoms with van der Waals surface area (Å²) in [5.41, 5.74) is 1.28. The molecule has 2 rings (SSSR count). The number of hydrogen-bond donors (Lipinski definition) is 3. The molecule has 3 N–H and O–H groups in total. The molecule has 0 saturated carbocycles. The van der Waals surface area contributed by atoms with Crippen LogP contribution in [0.1, 0.15) is 23.8 Å². The molecule has 6 heteroatoms. The number of aromatic amines is 1. The molecule has 20 heavy (non-hydrogen) atoms. The number of para-hydroxylation sites is 1. The first-order chi connectivity index (χ1) is 9.59. The number of nitrogens with one attached hydrogen (secondary N) is 2. The van der Waals surface area contributed by atoms with Gasteiger partial charge in [0, 0.05) is 18.4 Å². The van der Waals surface area contributed by atoms with Gasteiger partial charge in [0.2, 0.25) is 0 Å². The van der Waals surface area contributed by atoms with Crippen molar-refractivity contribution in [2.24, 2.45) is 0 Å². The molecule has 0 bridgehead atoms. The van der Waals surface area contributed by atoms with Crippen LogP contribution >= 0.6 is 12.2 Å². The van der Waals surface area contributed by atoms with Crippen molar-refractivity contribution in [3.63, 3.8) is 0 Å². The summed E-state index contributed by atoms with van der Waals surface area (Å²) in [6, 6.07) is 9.45. The quantitative estimate of drug-likeness (QED) is 0.738. The van der Waals surface area contributed by atoms with Gasteiger partial charge in [0.1, 0.15) is 5.69 Å². The molecule has 1 aromatic carbocycles. The van der Waals surface area contributed by atoms with Gasteiger partial charge in [-0.25, -0.2) is 0 Å². The highest BCUT2D eigenvalue weighted by molar-refractivity contribution is 7.71. The van der Waals surface area contributed by atoms with E-state index in [1.165, 1.54) is 0 Å². The molecule has 0 aliphatic heterocycles. The van der Waals surface area contributed by atoms with E-state index in [-0.39, 0.29) is 5.91 Å². The number of H-pyrrole nitrogens is 1. The van der Waals surface area contributed by atoms with Crippen LogP contribution < -0.4 is 5.32 Å². The average Bonchev–Trinajstić information content (AvgIpc) is 2.81. The summed E-state index contributed by atoms with van der Waals surface area (Å²) in [5.74, 6) is -0.221. The monoisotopic (exact) mass is 291 g/mol. The Balaban J connectivity index is 2.21. The molecule has 1 atom stereocenters. The van der Waals surface area contributed by atoms with Gasteiger partial charge in [0.05, 0.1) is 6.10 Å². The van der Waals surface area contributed by atoms with Crippen LogP contribution in [-0.4, -0.2) is 33.2 Å². The van der Waals surface area contributed by atoms with Gasteiger partial charge in [-0.05, 0) is 37.7 Å². The van der Waals surface area contributed by atoms with Gasteiger partial charge in [0.25, 0.3) is 5.91 Å². The van der Waals surface area contributed by atoms with Crippen molar-refractivity contribution in [3.05, 3.63) is 47.0 Å². The van der Waals surface area contributed by atoms with E-state index in [0.29, 0.717) is 23.4 Å². The van der Waals surface area contributed by atoms with Crippen molar-refractivity contribution in [3.8, 4) is 5.69 Å². The SMILES string of the molecule is CC(O)CCNC(=O)c1c[nH]c(=S)n1-c1ccccc1. The highest BCUT2D eigenvalue weighted by Gasteiger charge is 2.13. The fraction of sp³-hybridized carbons (Fsp3) is 0.286. The molecule has 1 heterocycles. The predicted octanol–water partition coefficient (Wildman–Crippen LogP) is 2.04. The summed E-state index contributed by atoms with van der Waals surface area (Å²) in [5, 5.41) is 12.0. The zero-order chi connectivity index (χ0) is 14.5. The molecule has 5 nitrogen and oxygen atoms in total. The van der Waals surface area contributed by atoms with E-state index in [0.717, 1.165) is 5.69 Å². The summed E-state index contributed by atoms with van der Waals surface area (Å²) in [7, 11) is 0. The van der Waals surface area contributed by atoms with Crippen molar-refractivity contribution in [2.45, 2.75) is 19.4 Å². The molecule has 0 spiro atoms. The van der Waals surface area contributed by atoms with Gasteiger partial charge < -0.3 is 15.4 Å². The minimum absolute atomic E-state index is 0.221. The fourth-order valence-corrected chi connectivity index (χ4v) is 2.12. The van der Waals surface area contributed by atoms with E-state index in [9.17, 15) is 9.90 Å². The lowest BCUT2D eigenvalue weighted by Crippen LogP contribution is -2.28. The largest absolute Gasteiger partial charge is 0.393 e. The Labute approximate surface area is 122 Å². The van der Waals surface area contributed by atoms with Crippen molar-refractivity contribution < 1.29 is 9.90 Å². The minimum atomic E-state index is -0.433. The van der Waals surface area contributed by atoms with Crippen molar-refractivity contribution in [2.75, 3.05) is 6.54 Å². The second kappa shape index (κ2) is 6.49. The number of carbonyl (C=O) groups excluding carboxylic acids is 1. The Hall–Kier alpha value is -1.92. The number of hydrogen-bond acceptors (Lipinski definition) is 3. The Bertz CT molecular complexity index is 631. The van der Waals surface area contributed by atoms with Crippen LogP contribution in [0.15, 0.2) is 36.5 Å². The van der Waals surface area contributed by atoms with Gasteiger partial charge in [0.15, 0.2) is 4.77 Å². The number of imidazole rings is 1. The van der Waals surface area contributed by atoms with Crippen LogP contribution in [-0.2, 0) is 0 Å². The first-order valence-corrected chi connectivity index (χ1v) is 6.82. The summed E-state index contributed by atoms with van der Waals surface area (Å²) in [4.78, 5) is 15.0. The number of aromatic nitrogens is 2. The number of aliphatic hydroxyl groups excluding tert-OH is 1. The average molecular weight is 291 g/mol. The van der Waals surface area contributed by atoms with Crippen LogP contribution in [0.2, 0.25) is 0 Å². The van der Waals surface area contributed by atoms with Gasteiger partial charge in [-0.2, -0.15) is 0 Å². The van der Waals surface area contributed by atoms with Gasteiger partial charge in [-0.1, -0.05) is 18.2 Å². The number of carbonyl (C=O) groups is 1. The van der Waals surface area contributed by atoms with Crippen LogP contribution in [0.5, 0.6) is 0 Å². The van der Waals surface area contributed by atoms with Gasteiger partial charge in [-0.15, -0.1) is 0 Å². The number of nitrogens with zero attached hydrogens (tertiary/aromatic N) is 1. The molecule has 2 aromatic rings. The summed E-state index contributed by atoms with van der Waals surface area (Å²) in [6.45, 7) is 2.11. The lowest BCUT2D eigenvalue weighted by Gasteiger charge is -2.09. The molecule has 0 fully saturated rings. The van der Waals surface area contributed by atoms with E-state index in [4.69, 9.17) is 12.2 Å². The van der Waals surface area contributed by atoms with Crippen molar-refractivity contribution >= 4 is 18.1 Å². The van der Waals surface area contributed by atoms with E-state index >= 15 is 0 Å². The Morgan fingerprint density at radius 1 is 1.45 bits per heavy atom. The van der Waals surface area contributed by atoms with E-state index in [1.54, 1.807) is 17.7 Å². The molecule has 1 unspecified atom stereocenters. The first-order valence-electron chi connectivity index (χ1n) is 6.41. The molecule has 1 aromatic heterocycles. The topological polar surface area (TPSA) is 70.1 Å². The number of aliphatic hydroxyl groups is 1. The summed E-state index contributed by atoms with van der Waals surface area (Å²) < 4.78 is 2.16. The summed E-state index contributed by atoms with van der Waals surface area (Å²) in [6.07, 6.45) is 1.67. The highest BCUT2D eigenvalue weighted by atomic mass is 32.1. The maximum Gasteiger partial charge on any atom is 0.269 e. The third kappa shape index (κ3) is 3.34. The number of rotatable bonds is 5. The Morgan fingerprint density at radius 2 is 2.15 bits per heavy atom. The second-order valence-electron chi connectivity index (χ2n) is 4.54. The Morgan fingerprint density at radius 3 is 2.80 bits per heavy atom. The lowest BCUT2D eigenvalue weighted by molar-refractivity contribution is 0.0938. The molecule has 0 radical (unpaired) electrons. The maximum absolute atomic E-state index is 12.2. The summed E-state index contributed by atoms with van der Waals surface area (Å²) >= 11 is 5.22. The number of benzene rings is 1. The standard InChI is InChI=1S/C14H17N3O2S/c1-10(18)7-8-15-13(19)12-9-16-14(20)17(12)11-5-3-2-4-6-11/h2-6,9-10,18H,7-8H2,1H3,(H,15,19)(H,16,20). The van der Waals surface area contributed by atoms with Crippen LogP contribution in [0.3, 0.4) is 0 Å². The molecule has 1 amide bonds. The second-order valence-corrected chi connectivity index (χ2v) is 4.93. The smallest absolute Gasteiger partial charge is 0.269 e. The van der Waals surface area contributed by atoms with Crippen molar-refractivity contribution in [1.82, 2.24) is 14.9 Å². The van der Waals surface area contributed by atoms with E-state index in [2.05, 4.69) is 10.3 Å². The fourth-order valence-electron chi connectivity index (χ4n) is 1.85. The third-order valence-electron chi connectivity index (χ3n) is 2.87. The van der Waals surface area contributed by atoms with Crippen LogP contribution in [0, 0.1) is 4.77 Å². The van der Waals surface area contributed by atoms with Gasteiger partial charge in [-0.3, -0.25) is 9.36 Å². The molecule has 0 aliphatic rings. The van der Waals surface area contributed by atoms with E-state index in [1.807, 2.05) is 30.3 Å². The molecule has 0 saturated heterocycles. The highest BCUT2D eigenvalue weighted by Crippen LogP contribution is 2.12. The van der Waals surface area contributed by atoms with Crippen molar-refractivity contribution in [1.29, 1.82) is 0 Å². The molecular weight excluding hydrogens is 274 g/mol. The van der Waals surface area contributed by atoms with Crippen LogP contribution in [0.4, 0.5) is 0 Å². The molecule has 0 aliphatic carbocycles. The van der Waals surface area contributed by atoms with E-state index < -0.39 is 6.10 Å². The molecular formula is C14H17N3O2S. The predicted molar refractivity (Wildman–Crippen MR) is 79.6 cm³/mol. The Kier molecular flexibility index (Phi) is 4.70. The lowest BCUT2D eigenvalue weighted by atomic mass is 10.3. The third-order valence-corrected chi connectivity index (χ3v) is 3.17. The molecule has 106 valence electrons. The zero-order valence-corrected chi connectivity index (χ0v) is 12.0. The normalized spacial score (nSPS) is 12.1. The first kappa shape index (κ1) is 14.5. The van der Waals surface area contributed by atoms with Gasteiger partial charge >= 0.3 is 0 Å². The number of amides is 1. The zero-order valence-electron chi connectivity index (χ0n) is 11.2. The minimum Gasteiger partial charge on any atom is -0.393 e.